The molecule has 0 aliphatic carbocycles. The lowest BCUT2D eigenvalue weighted by atomic mass is 10.1. The van der Waals surface area contributed by atoms with Gasteiger partial charge in [0.25, 0.3) is 0 Å². The minimum atomic E-state index is -4.34. The number of benzene rings is 1. The summed E-state index contributed by atoms with van der Waals surface area (Å²) in [5.41, 5.74) is -0.331. The van der Waals surface area contributed by atoms with Crippen LogP contribution in [0.5, 0.6) is 5.75 Å². The van der Waals surface area contributed by atoms with Crippen LogP contribution in [0.2, 0.25) is 0 Å². The van der Waals surface area contributed by atoms with Gasteiger partial charge in [0.15, 0.2) is 0 Å². The van der Waals surface area contributed by atoms with Gasteiger partial charge >= 0.3 is 23.7 Å². The topological polar surface area (TPSA) is 177 Å². The molecule has 0 amide bonds. The maximum Gasteiger partial charge on any atom is 0.388 e. The van der Waals surface area contributed by atoms with E-state index < -0.39 is 29.5 Å². The number of carbonyl (C=O) groups excluding carboxylic acids is 1. The van der Waals surface area contributed by atoms with E-state index >= 15 is 0 Å². The fourth-order valence-electron chi connectivity index (χ4n) is 1.28. The number of esters is 1. The van der Waals surface area contributed by atoms with Gasteiger partial charge in [0, 0.05) is 0 Å². The van der Waals surface area contributed by atoms with Gasteiger partial charge in [-0.3, -0.25) is 0 Å². The molecule has 0 heterocycles. The summed E-state index contributed by atoms with van der Waals surface area (Å²) in [5, 5.41) is 63.3. The third kappa shape index (κ3) is 3.28. The molecule has 7 N–H and O–H groups in total. The van der Waals surface area contributed by atoms with Crippen LogP contribution in [-0.4, -0.2) is 66.6 Å². The van der Waals surface area contributed by atoms with Gasteiger partial charge in [-0.05, 0) is 12.1 Å². The summed E-state index contributed by atoms with van der Waals surface area (Å²) >= 11 is 0. The highest BCUT2D eigenvalue weighted by molar-refractivity contribution is 5.92. The lowest BCUT2D eigenvalue weighted by Crippen LogP contribution is -2.70. The average molecular weight is 306 g/mol. The van der Waals surface area contributed by atoms with Crippen molar-refractivity contribution in [1.82, 2.24) is 0 Å². The Bertz CT molecular complexity index is 516. The van der Waals surface area contributed by atoms with Crippen molar-refractivity contribution in [2.45, 2.75) is 17.7 Å². The number of carbonyl (C=O) groups is 1. The Kier molecular flexibility index (Phi) is 4.55. The molecule has 0 radical (unpaired) electrons. The molecule has 0 spiro atoms. The minimum absolute atomic E-state index is 0.331. The van der Waals surface area contributed by atoms with E-state index in [4.69, 9.17) is 15.3 Å². The Morgan fingerprint density at radius 3 is 2.00 bits per heavy atom. The summed E-state index contributed by atoms with van der Waals surface area (Å²) in [7, 11) is 1.03. The lowest BCUT2D eigenvalue weighted by molar-refractivity contribution is -0.541. The number of rotatable bonds is 5. The van der Waals surface area contributed by atoms with Gasteiger partial charge < -0.3 is 45.2 Å². The Morgan fingerprint density at radius 2 is 1.52 bits per heavy atom. The molecule has 1 aromatic rings. The molecule has 0 aliphatic heterocycles. The summed E-state index contributed by atoms with van der Waals surface area (Å²) in [6.45, 7) is 0. The van der Waals surface area contributed by atoms with E-state index in [1.165, 1.54) is 12.1 Å². The smallest absolute Gasteiger partial charge is 0.388 e. The third-order valence-corrected chi connectivity index (χ3v) is 2.47. The van der Waals surface area contributed by atoms with E-state index in [-0.39, 0.29) is 5.56 Å². The van der Waals surface area contributed by atoms with E-state index in [2.05, 4.69) is 9.47 Å². The van der Waals surface area contributed by atoms with Gasteiger partial charge in [0.05, 0.1) is 7.11 Å². The molecule has 21 heavy (non-hydrogen) atoms. The molecule has 0 unspecified atom stereocenters. The van der Waals surface area contributed by atoms with Crippen molar-refractivity contribution < 1.29 is 50.0 Å². The van der Waals surface area contributed by atoms with E-state index in [1.807, 2.05) is 0 Å². The molecular weight excluding hydrogens is 292 g/mol. The van der Waals surface area contributed by atoms with Crippen LogP contribution >= 0.6 is 0 Å². The van der Waals surface area contributed by atoms with E-state index in [0.29, 0.717) is 0 Å². The predicted molar refractivity (Wildman–Crippen MR) is 62.1 cm³/mol. The van der Waals surface area contributed by atoms with Crippen LogP contribution in [0.4, 0.5) is 0 Å². The molecule has 0 saturated heterocycles. The van der Waals surface area contributed by atoms with Crippen LogP contribution in [0.3, 0.4) is 0 Å². The van der Waals surface area contributed by atoms with Crippen molar-refractivity contribution in [3.8, 4) is 5.75 Å². The highest BCUT2D eigenvalue weighted by Gasteiger charge is 2.64. The summed E-state index contributed by atoms with van der Waals surface area (Å²) in [4.78, 5) is 11.4. The highest BCUT2D eigenvalue weighted by atomic mass is 16.8. The highest BCUT2D eigenvalue weighted by Crippen LogP contribution is 2.30. The maximum atomic E-state index is 11.4. The Balaban J connectivity index is 3.19. The van der Waals surface area contributed by atoms with Crippen LogP contribution in [0.25, 0.3) is 0 Å². The summed E-state index contributed by atoms with van der Waals surface area (Å²) in [5.74, 6) is -14.3. The second kappa shape index (κ2) is 5.54. The van der Waals surface area contributed by atoms with Gasteiger partial charge in [0.1, 0.15) is 11.3 Å². The second-order valence-electron chi connectivity index (χ2n) is 4.01. The van der Waals surface area contributed by atoms with Crippen molar-refractivity contribution in [1.29, 1.82) is 0 Å². The van der Waals surface area contributed by atoms with Crippen LogP contribution in [0.1, 0.15) is 10.4 Å². The SMILES string of the molecule is COC(=O)c1ccccc1OC(O)(O)C(O)(O)C(O)(O)O. The average Bonchev–Trinajstić information content (AvgIpc) is 2.36. The molecule has 0 aliphatic rings. The molecule has 1 rings (SSSR count). The van der Waals surface area contributed by atoms with Crippen molar-refractivity contribution >= 4 is 5.97 Å². The Labute approximate surface area is 117 Å². The summed E-state index contributed by atoms with van der Waals surface area (Å²) < 4.78 is 8.77. The Morgan fingerprint density at radius 1 is 1.00 bits per heavy atom. The van der Waals surface area contributed by atoms with Gasteiger partial charge in [-0.25, -0.2) is 4.79 Å². The zero-order valence-electron chi connectivity index (χ0n) is 10.7. The normalized spacial score (nSPS) is 13.0. The number of para-hydroxylation sites is 1. The zero-order valence-corrected chi connectivity index (χ0v) is 10.7. The van der Waals surface area contributed by atoms with Gasteiger partial charge in [-0.1, -0.05) is 12.1 Å². The first kappa shape index (κ1) is 17.3. The second-order valence-corrected chi connectivity index (χ2v) is 4.01. The van der Waals surface area contributed by atoms with Crippen molar-refractivity contribution in [3.63, 3.8) is 0 Å². The molecule has 0 fully saturated rings. The van der Waals surface area contributed by atoms with E-state index in [1.54, 1.807) is 0 Å². The number of hydrogen-bond donors (Lipinski definition) is 7. The molecule has 0 aromatic heterocycles. The molecule has 0 bridgehead atoms. The van der Waals surface area contributed by atoms with Gasteiger partial charge in [-0.2, -0.15) is 0 Å². The molecular formula is C11H14O10. The fraction of sp³-hybridized carbons (Fsp3) is 0.364. The van der Waals surface area contributed by atoms with Crippen molar-refractivity contribution in [2.75, 3.05) is 7.11 Å². The van der Waals surface area contributed by atoms with Crippen LogP contribution in [0, 0.1) is 0 Å². The number of methoxy groups -OCH3 is 1. The minimum Gasteiger partial charge on any atom is -0.465 e. The summed E-state index contributed by atoms with van der Waals surface area (Å²) in [6, 6.07) is 4.84. The standard InChI is InChI=1S/C11H14O10/c1-20-8(12)6-4-2-3-5-7(6)21-11(18,19)9(13,14)10(15,16)17/h2-5,13-19H,1H3. The number of hydrogen-bond acceptors (Lipinski definition) is 10. The first-order valence-corrected chi connectivity index (χ1v) is 5.37. The van der Waals surface area contributed by atoms with Crippen molar-refractivity contribution in [2.24, 2.45) is 0 Å². The monoisotopic (exact) mass is 306 g/mol. The van der Waals surface area contributed by atoms with E-state index in [9.17, 15) is 25.2 Å². The molecule has 0 atom stereocenters. The maximum absolute atomic E-state index is 11.4. The van der Waals surface area contributed by atoms with Crippen LogP contribution in [-0.2, 0) is 4.74 Å². The van der Waals surface area contributed by atoms with Crippen LogP contribution in [0.15, 0.2) is 24.3 Å². The third-order valence-electron chi connectivity index (χ3n) is 2.47. The molecule has 0 saturated carbocycles. The van der Waals surface area contributed by atoms with Gasteiger partial charge in [0.2, 0.25) is 0 Å². The molecule has 1 aromatic carbocycles. The predicted octanol–water partition coefficient (Wildman–Crippen LogP) is -3.20. The van der Waals surface area contributed by atoms with Gasteiger partial charge in [-0.15, -0.1) is 0 Å². The van der Waals surface area contributed by atoms with Crippen LogP contribution < -0.4 is 4.74 Å². The first-order valence-electron chi connectivity index (χ1n) is 5.37. The quantitative estimate of drug-likeness (QED) is 0.216. The molecule has 118 valence electrons. The first-order chi connectivity index (χ1) is 9.44. The van der Waals surface area contributed by atoms with E-state index in [0.717, 1.165) is 19.2 Å². The molecule has 10 nitrogen and oxygen atoms in total. The lowest BCUT2D eigenvalue weighted by Gasteiger charge is -2.38. The largest absolute Gasteiger partial charge is 0.465 e. The molecule has 10 heteroatoms. The number of ether oxygens (including phenoxy) is 2. The Hall–Kier alpha value is -1.79. The summed E-state index contributed by atoms with van der Waals surface area (Å²) in [6.07, 6.45) is 0. The van der Waals surface area contributed by atoms with Crippen molar-refractivity contribution in [3.05, 3.63) is 29.8 Å². The fourth-order valence-corrected chi connectivity index (χ4v) is 1.28. The number of aliphatic hydroxyl groups is 7. The zero-order chi connectivity index (χ0) is 16.5.